The molecule has 2 aromatic rings. The Morgan fingerprint density at radius 3 is 2.58 bits per heavy atom. The fourth-order valence-corrected chi connectivity index (χ4v) is 3.34. The predicted octanol–water partition coefficient (Wildman–Crippen LogP) is 3.65. The zero-order valence-electron chi connectivity index (χ0n) is 14.0. The van der Waals surface area contributed by atoms with Gasteiger partial charge in [-0.3, -0.25) is 4.79 Å². The van der Waals surface area contributed by atoms with Gasteiger partial charge in [-0.05, 0) is 48.8 Å². The average Bonchev–Trinajstić information content (AvgIpc) is 3.40. The van der Waals surface area contributed by atoms with Gasteiger partial charge in [0.1, 0.15) is 0 Å². The van der Waals surface area contributed by atoms with E-state index in [2.05, 4.69) is 12.1 Å². The van der Waals surface area contributed by atoms with E-state index in [1.165, 1.54) is 24.0 Å². The Morgan fingerprint density at radius 2 is 1.92 bits per heavy atom. The van der Waals surface area contributed by atoms with Crippen LogP contribution in [-0.2, 0) is 11.3 Å². The SMILES string of the molecule is COc1cc(C2CC2)cn(C2CC(OCc3ccccc3)C2)c1=O. The van der Waals surface area contributed by atoms with Crippen LogP contribution in [-0.4, -0.2) is 17.8 Å². The molecule has 1 heterocycles. The van der Waals surface area contributed by atoms with Crippen molar-refractivity contribution < 1.29 is 9.47 Å². The van der Waals surface area contributed by atoms with Gasteiger partial charge in [0.25, 0.3) is 5.56 Å². The minimum atomic E-state index is -0.0200. The largest absolute Gasteiger partial charge is 0.491 e. The summed E-state index contributed by atoms with van der Waals surface area (Å²) in [5, 5.41) is 0. The van der Waals surface area contributed by atoms with Crippen molar-refractivity contribution in [3.05, 3.63) is 64.1 Å². The second kappa shape index (κ2) is 6.44. The molecule has 4 heteroatoms. The second-order valence-electron chi connectivity index (χ2n) is 6.87. The first kappa shape index (κ1) is 15.5. The summed E-state index contributed by atoms with van der Waals surface area (Å²) in [6, 6.07) is 12.4. The number of hydrogen-bond acceptors (Lipinski definition) is 3. The molecule has 0 atom stereocenters. The molecule has 0 bridgehead atoms. The Balaban J connectivity index is 1.41. The minimum absolute atomic E-state index is 0.0200. The molecule has 2 aliphatic carbocycles. The molecule has 2 aliphatic rings. The highest BCUT2D eigenvalue weighted by atomic mass is 16.5. The van der Waals surface area contributed by atoms with Crippen molar-refractivity contribution in [3.8, 4) is 5.75 Å². The quantitative estimate of drug-likeness (QED) is 0.814. The van der Waals surface area contributed by atoms with Crippen molar-refractivity contribution in [1.29, 1.82) is 0 Å². The highest BCUT2D eigenvalue weighted by molar-refractivity contribution is 5.30. The molecule has 4 nitrogen and oxygen atoms in total. The number of methoxy groups -OCH3 is 1. The fraction of sp³-hybridized carbons (Fsp3) is 0.450. The van der Waals surface area contributed by atoms with Gasteiger partial charge < -0.3 is 14.0 Å². The minimum Gasteiger partial charge on any atom is -0.491 e. The normalized spacial score (nSPS) is 22.9. The number of rotatable bonds is 6. The van der Waals surface area contributed by atoms with Crippen LogP contribution in [0.15, 0.2) is 47.4 Å². The van der Waals surface area contributed by atoms with E-state index in [0.717, 1.165) is 12.8 Å². The third-order valence-corrected chi connectivity index (χ3v) is 5.09. The maximum absolute atomic E-state index is 12.5. The molecule has 2 fully saturated rings. The van der Waals surface area contributed by atoms with E-state index in [-0.39, 0.29) is 17.7 Å². The van der Waals surface area contributed by atoms with E-state index in [4.69, 9.17) is 9.47 Å². The first-order valence-corrected chi connectivity index (χ1v) is 8.70. The first-order valence-electron chi connectivity index (χ1n) is 8.70. The van der Waals surface area contributed by atoms with E-state index in [9.17, 15) is 4.79 Å². The maximum Gasteiger partial charge on any atom is 0.293 e. The summed E-state index contributed by atoms with van der Waals surface area (Å²) >= 11 is 0. The lowest BCUT2D eigenvalue weighted by molar-refractivity contribution is -0.0366. The summed E-state index contributed by atoms with van der Waals surface area (Å²) in [4.78, 5) is 12.5. The van der Waals surface area contributed by atoms with Crippen LogP contribution in [0.4, 0.5) is 0 Å². The average molecular weight is 325 g/mol. The van der Waals surface area contributed by atoms with E-state index < -0.39 is 0 Å². The highest BCUT2D eigenvalue weighted by Crippen LogP contribution is 2.42. The molecule has 126 valence electrons. The van der Waals surface area contributed by atoms with Gasteiger partial charge in [0.2, 0.25) is 0 Å². The third-order valence-electron chi connectivity index (χ3n) is 5.09. The summed E-state index contributed by atoms with van der Waals surface area (Å²) < 4.78 is 13.1. The van der Waals surface area contributed by atoms with Crippen LogP contribution >= 0.6 is 0 Å². The molecule has 24 heavy (non-hydrogen) atoms. The summed E-state index contributed by atoms with van der Waals surface area (Å²) in [5.41, 5.74) is 2.41. The van der Waals surface area contributed by atoms with Gasteiger partial charge in [-0.25, -0.2) is 0 Å². The Kier molecular flexibility index (Phi) is 4.15. The number of pyridine rings is 1. The molecule has 0 saturated heterocycles. The predicted molar refractivity (Wildman–Crippen MR) is 92.5 cm³/mol. The molecular formula is C20H23NO3. The molecule has 0 spiro atoms. The maximum atomic E-state index is 12.5. The molecule has 0 N–H and O–H groups in total. The highest BCUT2D eigenvalue weighted by Gasteiger charge is 2.34. The molecule has 1 aromatic carbocycles. The van der Waals surface area contributed by atoms with Crippen LogP contribution in [0.1, 0.15) is 48.8 Å². The van der Waals surface area contributed by atoms with Crippen molar-refractivity contribution in [1.82, 2.24) is 4.57 Å². The van der Waals surface area contributed by atoms with Gasteiger partial charge in [0.05, 0.1) is 19.8 Å². The molecular weight excluding hydrogens is 302 g/mol. The number of hydrogen-bond donors (Lipinski definition) is 0. The Morgan fingerprint density at radius 1 is 1.17 bits per heavy atom. The van der Waals surface area contributed by atoms with Crippen LogP contribution in [0.5, 0.6) is 5.75 Å². The van der Waals surface area contributed by atoms with Crippen LogP contribution < -0.4 is 10.3 Å². The van der Waals surface area contributed by atoms with E-state index in [1.807, 2.05) is 35.0 Å². The lowest BCUT2D eigenvalue weighted by Gasteiger charge is -2.36. The standard InChI is InChI=1S/C20H23NO3/c1-23-19-9-16(15-7-8-15)12-21(20(19)22)17-10-18(11-17)24-13-14-5-3-2-4-6-14/h2-6,9,12,15,17-18H,7-8,10-11,13H2,1H3. The van der Waals surface area contributed by atoms with Gasteiger partial charge in [0.15, 0.2) is 5.75 Å². The van der Waals surface area contributed by atoms with Crippen molar-refractivity contribution in [2.45, 2.75) is 50.4 Å². The topological polar surface area (TPSA) is 40.5 Å². The van der Waals surface area contributed by atoms with Crippen LogP contribution in [0.3, 0.4) is 0 Å². The molecule has 0 unspecified atom stereocenters. The smallest absolute Gasteiger partial charge is 0.293 e. The van der Waals surface area contributed by atoms with Crippen LogP contribution in [0.2, 0.25) is 0 Å². The summed E-state index contributed by atoms with van der Waals surface area (Å²) in [5.74, 6) is 1.07. The number of ether oxygens (including phenoxy) is 2. The Labute approximate surface area is 142 Å². The van der Waals surface area contributed by atoms with Crippen LogP contribution in [0.25, 0.3) is 0 Å². The number of aromatic nitrogens is 1. The lowest BCUT2D eigenvalue weighted by Crippen LogP contribution is -2.38. The molecule has 4 rings (SSSR count). The number of benzene rings is 1. The summed E-state index contributed by atoms with van der Waals surface area (Å²) in [7, 11) is 1.57. The van der Waals surface area contributed by atoms with Crippen molar-refractivity contribution in [2.24, 2.45) is 0 Å². The van der Waals surface area contributed by atoms with E-state index in [0.29, 0.717) is 18.3 Å². The van der Waals surface area contributed by atoms with Crippen molar-refractivity contribution in [2.75, 3.05) is 7.11 Å². The Hall–Kier alpha value is -2.07. The first-order chi connectivity index (χ1) is 11.7. The summed E-state index contributed by atoms with van der Waals surface area (Å²) in [6.07, 6.45) is 6.50. The van der Waals surface area contributed by atoms with Crippen molar-refractivity contribution in [3.63, 3.8) is 0 Å². The zero-order chi connectivity index (χ0) is 16.5. The molecule has 1 aromatic heterocycles. The van der Waals surface area contributed by atoms with Gasteiger partial charge in [-0.1, -0.05) is 30.3 Å². The van der Waals surface area contributed by atoms with Gasteiger partial charge >= 0.3 is 0 Å². The molecule has 0 aliphatic heterocycles. The van der Waals surface area contributed by atoms with E-state index in [1.54, 1.807) is 7.11 Å². The van der Waals surface area contributed by atoms with Crippen molar-refractivity contribution >= 4 is 0 Å². The van der Waals surface area contributed by atoms with Gasteiger partial charge in [-0.15, -0.1) is 0 Å². The van der Waals surface area contributed by atoms with Gasteiger partial charge in [-0.2, -0.15) is 0 Å². The molecule has 0 amide bonds. The fourth-order valence-electron chi connectivity index (χ4n) is 3.34. The lowest BCUT2D eigenvalue weighted by atomic mass is 9.88. The van der Waals surface area contributed by atoms with Crippen LogP contribution in [0, 0.1) is 0 Å². The second-order valence-corrected chi connectivity index (χ2v) is 6.87. The van der Waals surface area contributed by atoms with Gasteiger partial charge in [0, 0.05) is 12.2 Å². The molecule has 2 saturated carbocycles. The monoisotopic (exact) mass is 325 g/mol. The molecule has 0 radical (unpaired) electrons. The third kappa shape index (κ3) is 3.11. The Bertz CT molecular complexity index is 758. The number of nitrogens with zero attached hydrogens (tertiary/aromatic N) is 1. The zero-order valence-corrected chi connectivity index (χ0v) is 14.0. The summed E-state index contributed by atoms with van der Waals surface area (Å²) in [6.45, 7) is 0.637. The van der Waals surface area contributed by atoms with E-state index >= 15 is 0 Å².